The average molecular weight is 410 g/mol. The van der Waals surface area contributed by atoms with E-state index in [0.29, 0.717) is 35.6 Å². The SMILES string of the molecule is C[C@H]1OC(c2ccc(OCCCO)cc2)=N[C@@]1(Cc1ccccc1N=[N+]=[N-])C(=O)O. The van der Waals surface area contributed by atoms with Crippen LogP contribution in [0.4, 0.5) is 5.69 Å². The number of nitrogens with zero attached hydrogens (tertiary/aromatic N) is 4. The van der Waals surface area contributed by atoms with Gasteiger partial charge in [-0.3, -0.25) is 0 Å². The molecule has 2 aromatic rings. The Morgan fingerprint density at radius 2 is 2.03 bits per heavy atom. The number of carboxylic acid groups (broad SMARTS) is 1. The highest BCUT2D eigenvalue weighted by Gasteiger charge is 2.50. The predicted octanol–water partition coefficient (Wildman–Crippen LogP) is 3.62. The van der Waals surface area contributed by atoms with Crippen molar-refractivity contribution in [2.75, 3.05) is 13.2 Å². The number of aliphatic hydroxyl groups excluding tert-OH is 1. The van der Waals surface area contributed by atoms with E-state index in [4.69, 9.17) is 20.1 Å². The molecule has 9 nitrogen and oxygen atoms in total. The lowest BCUT2D eigenvalue weighted by Crippen LogP contribution is -2.46. The van der Waals surface area contributed by atoms with Crippen molar-refractivity contribution in [2.24, 2.45) is 10.1 Å². The van der Waals surface area contributed by atoms with Crippen LogP contribution in [0.15, 0.2) is 58.6 Å². The summed E-state index contributed by atoms with van der Waals surface area (Å²) in [5.74, 6) is -0.260. The van der Waals surface area contributed by atoms with Gasteiger partial charge in [0.15, 0.2) is 0 Å². The second-order valence-electron chi connectivity index (χ2n) is 6.85. The molecule has 1 aliphatic rings. The smallest absolute Gasteiger partial charge is 0.335 e. The summed E-state index contributed by atoms with van der Waals surface area (Å²) in [6.07, 6.45) is -0.178. The molecule has 0 aliphatic carbocycles. The number of aliphatic imine (C=N–C) groups is 1. The lowest BCUT2D eigenvalue weighted by molar-refractivity contribution is -0.145. The highest BCUT2D eigenvalue weighted by Crippen LogP contribution is 2.35. The number of rotatable bonds is 9. The Balaban J connectivity index is 1.89. The fourth-order valence-corrected chi connectivity index (χ4v) is 3.22. The Kier molecular flexibility index (Phi) is 6.56. The van der Waals surface area contributed by atoms with Crippen molar-refractivity contribution in [3.05, 3.63) is 70.1 Å². The van der Waals surface area contributed by atoms with Gasteiger partial charge in [-0.2, -0.15) is 0 Å². The van der Waals surface area contributed by atoms with Crippen molar-refractivity contribution in [3.63, 3.8) is 0 Å². The summed E-state index contributed by atoms with van der Waals surface area (Å²) < 4.78 is 11.3. The van der Waals surface area contributed by atoms with Crippen molar-refractivity contribution in [1.82, 2.24) is 0 Å². The number of hydrogen-bond acceptors (Lipinski definition) is 6. The first kappa shape index (κ1) is 21.2. The maximum absolute atomic E-state index is 12.3. The van der Waals surface area contributed by atoms with Crippen LogP contribution in [-0.2, 0) is 16.0 Å². The van der Waals surface area contributed by atoms with Crippen LogP contribution in [-0.4, -0.2) is 46.9 Å². The highest BCUT2D eigenvalue weighted by molar-refractivity contribution is 5.99. The summed E-state index contributed by atoms with van der Waals surface area (Å²) in [6.45, 7) is 2.12. The van der Waals surface area contributed by atoms with Crippen molar-refractivity contribution < 1.29 is 24.5 Å². The van der Waals surface area contributed by atoms with Gasteiger partial charge in [-0.1, -0.05) is 29.4 Å². The van der Waals surface area contributed by atoms with Gasteiger partial charge in [0, 0.05) is 35.6 Å². The molecule has 9 heteroatoms. The van der Waals surface area contributed by atoms with Crippen molar-refractivity contribution >= 4 is 17.6 Å². The molecule has 156 valence electrons. The maximum Gasteiger partial charge on any atom is 0.335 e. The van der Waals surface area contributed by atoms with E-state index in [9.17, 15) is 9.90 Å². The molecule has 3 rings (SSSR count). The third kappa shape index (κ3) is 4.37. The van der Waals surface area contributed by atoms with Gasteiger partial charge in [-0.25, -0.2) is 9.79 Å². The van der Waals surface area contributed by atoms with Crippen molar-refractivity contribution in [1.29, 1.82) is 0 Å². The molecular weight excluding hydrogens is 388 g/mol. The second-order valence-corrected chi connectivity index (χ2v) is 6.85. The van der Waals surface area contributed by atoms with Gasteiger partial charge in [0.05, 0.1) is 6.61 Å². The van der Waals surface area contributed by atoms with Crippen LogP contribution >= 0.6 is 0 Å². The van der Waals surface area contributed by atoms with E-state index < -0.39 is 17.6 Å². The number of aliphatic carboxylic acids is 1. The summed E-state index contributed by atoms with van der Waals surface area (Å²) in [5.41, 5.74) is 8.79. The van der Waals surface area contributed by atoms with Crippen molar-refractivity contribution in [2.45, 2.75) is 31.4 Å². The number of hydrogen-bond donors (Lipinski definition) is 2. The maximum atomic E-state index is 12.3. The minimum atomic E-state index is -1.55. The fourth-order valence-electron chi connectivity index (χ4n) is 3.22. The van der Waals surface area contributed by atoms with E-state index in [0.717, 1.165) is 0 Å². The number of azide groups is 1. The number of benzene rings is 2. The Bertz CT molecular complexity index is 985. The average Bonchev–Trinajstić information content (AvgIpc) is 3.08. The zero-order valence-electron chi connectivity index (χ0n) is 16.4. The van der Waals surface area contributed by atoms with Crippen LogP contribution < -0.4 is 4.74 Å². The van der Waals surface area contributed by atoms with Gasteiger partial charge in [-0.15, -0.1) is 0 Å². The minimum Gasteiger partial charge on any atom is -0.494 e. The lowest BCUT2D eigenvalue weighted by Gasteiger charge is -2.25. The molecule has 2 aromatic carbocycles. The van der Waals surface area contributed by atoms with Crippen LogP contribution in [0.1, 0.15) is 24.5 Å². The molecule has 0 spiro atoms. The zero-order valence-corrected chi connectivity index (χ0v) is 16.4. The molecule has 0 saturated carbocycles. The van der Waals surface area contributed by atoms with Gasteiger partial charge in [0.25, 0.3) is 0 Å². The van der Waals surface area contributed by atoms with E-state index in [1.165, 1.54) is 0 Å². The van der Waals surface area contributed by atoms with Gasteiger partial charge >= 0.3 is 5.97 Å². The number of carboxylic acids is 1. The Morgan fingerprint density at radius 1 is 1.30 bits per heavy atom. The van der Waals surface area contributed by atoms with Crippen molar-refractivity contribution in [3.8, 4) is 5.75 Å². The number of carbonyl (C=O) groups is 1. The Morgan fingerprint density at radius 3 is 2.70 bits per heavy atom. The molecule has 0 unspecified atom stereocenters. The van der Waals surface area contributed by atoms with E-state index in [-0.39, 0.29) is 18.9 Å². The number of ether oxygens (including phenoxy) is 2. The Hall–Kier alpha value is -3.55. The third-order valence-electron chi connectivity index (χ3n) is 4.91. The molecule has 0 fully saturated rings. The van der Waals surface area contributed by atoms with E-state index >= 15 is 0 Å². The molecule has 0 aromatic heterocycles. The summed E-state index contributed by atoms with van der Waals surface area (Å²) in [5, 5.41) is 22.5. The zero-order chi connectivity index (χ0) is 21.6. The molecule has 0 saturated heterocycles. The number of aliphatic hydroxyl groups is 1. The van der Waals surface area contributed by atoms with Crippen LogP contribution in [0.5, 0.6) is 5.75 Å². The van der Waals surface area contributed by atoms with E-state index in [2.05, 4.69) is 15.0 Å². The minimum absolute atomic E-state index is 0.0184. The molecular formula is C21H22N4O5. The first-order valence-electron chi connectivity index (χ1n) is 9.47. The molecule has 30 heavy (non-hydrogen) atoms. The summed E-state index contributed by atoms with van der Waals surface area (Å²) >= 11 is 0. The third-order valence-corrected chi connectivity index (χ3v) is 4.91. The second kappa shape index (κ2) is 9.30. The largest absolute Gasteiger partial charge is 0.494 e. The topological polar surface area (TPSA) is 137 Å². The first-order valence-corrected chi connectivity index (χ1v) is 9.47. The van der Waals surface area contributed by atoms with Crippen LogP contribution in [0.25, 0.3) is 10.4 Å². The summed E-state index contributed by atoms with van der Waals surface area (Å²) in [7, 11) is 0. The van der Waals surface area contributed by atoms with Crippen LogP contribution in [0.2, 0.25) is 0 Å². The quantitative estimate of drug-likeness (QED) is 0.281. The molecule has 0 amide bonds. The normalized spacial score (nSPS) is 20.1. The van der Waals surface area contributed by atoms with Crippen LogP contribution in [0.3, 0.4) is 0 Å². The standard InChI is InChI=1S/C21H22N4O5/c1-14-21(20(27)28,13-16-5-2-3-6-18(16)24-25-22)23-19(30-14)15-7-9-17(10-8-15)29-12-4-11-26/h2-3,5-10,14,26H,4,11-13H2,1H3,(H,27,28)/t14-,21-/m1/s1. The summed E-state index contributed by atoms with van der Waals surface area (Å²) in [4.78, 5) is 19.5. The molecule has 0 radical (unpaired) electrons. The van der Waals surface area contributed by atoms with Gasteiger partial charge in [0.2, 0.25) is 11.4 Å². The predicted molar refractivity (Wildman–Crippen MR) is 110 cm³/mol. The first-order chi connectivity index (χ1) is 14.5. The molecule has 2 atom stereocenters. The fraction of sp³-hybridized carbons (Fsp3) is 0.333. The highest BCUT2D eigenvalue weighted by atomic mass is 16.5. The summed E-state index contributed by atoms with van der Waals surface area (Å²) in [6, 6.07) is 13.8. The lowest BCUT2D eigenvalue weighted by atomic mass is 9.86. The van der Waals surface area contributed by atoms with Gasteiger partial charge in [-0.05, 0) is 42.3 Å². The van der Waals surface area contributed by atoms with Gasteiger partial charge < -0.3 is 19.7 Å². The molecule has 1 aliphatic heterocycles. The monoisotopic (exact) mass is 410 g/mol. The molecule has 2 N–H and O–H groups in total. The molecule has 1 heterocycles. The Labute approximate surface area is 173 Å². The van der Waals surface area contributed by atoms with Crippen LogP contribution in [0, 0.1) is 0 Å². The van der Waals surface area contributed by atoms with E-state index in [1.807, 2.05) is 0 Å². The van der Waals surface area contributed by atoms with E-state index in [1.54, 1.807) is 55.5 Å². The molecule has 0 bridgehead atoms. The van der Waals surface area contributed by atoms with Gasteiger partial charge in [0.1, 0.15) is 11.9 Å².